The molecule has 1 atom stereocenters. The molecule has 5 nitrogen and oxygen atoms in total. The summed E-state index contributed by atoms with van der Waals surface area (Å²) in [5.74, 6) is 2.89. The van der Waals surface area contributed by atoms with Gasteiger partial charge >= 0.3 is 0 Å². The Labute approximate surface area is 207 Å². The molecule has 2 saturated heterocycles. The molecule has 31 heavy (non-hydrogen) atoms. The number of benzene rings is 2. The Morgan fingerprint density at radius 3 is 2.52 bits per heavy atom. The first-order valence-corrected chi connectivity index (χ1v) is 11.9. The number of morpholine rings is 1. The van der Waals surface area contributed by atoms with E-state index in [0.717, 1.165) is 51.9 Å². The molecule has 0 saturated carbocycles. The molecule has 2 aliphatic rings. The Hall–Kier alpha value is -1.45. The van der Waals surface area contributed by atoms with Gasteiger partial charge in [0.05, 0.1) is 13.2 Å². The second kappa shape index (κ2) is 12.6. The molecular formula is C24H33IN4OS. The number of nitrogens with one attached hydrogen (secondary N) is 1. The number of hydrogen-bond donors (Lipinski definition) is 1. The van der Waals surface area contributed by atoms with Gasteiger partial charge in [-0.3, -0.25) is 4.99 Å². The SMILES string of the molecule is CN=C(NCc1ccc(N2CCOCC2)cc1)N1CCC(CSc2ccccc2)C1.I. The molecule has 0 spiro atoms. The zero-order valence-electron chi connectivity index (χ0n) is 18.2. The maximum atomic E-state index is 5.45. The van der Waals surface area contributed by atoms with Crippen LogP contribution in [0.3, 0.4) is 0 Å². The van der Waals surface area contributed by atoms with E-state index >= 15 is 0 Å². The molecule has 0 aromatic heterocycles. The van der Waals surface area contributed by atoms with Crippen LogP contribution in [0.1, 0.15) is 12.0 Å². The van der Waals surface area contributed by atoms with Crippen molar-refractivity contribution in [1.29, 1.82) is 0 Å². The van der Waals surface area contributed by atoms with Crippen LogP contribution >= 0.6 is 35.7 Å². The summed E-state index contributed by atoms with van der Waals surface area (Å²) >= 11 is 1.96. The molecule has 0 amide bonds. The minimum Gasteiger partial charge on any atom is -0.378 e. The van der Waals surface area contributed by atoms with Crippen molar-refractivity contribution in [3.8, 4) is 0 Å². The van der Waals surface area contributed by atoms with Gasteiger partial charge in [0.25, 0.3) is 0 Å². The van der Waals surface area contributed by atoms with E-state index in [4.69, 9.17) is 4.74 Å². The molecule has 0 radical (unpaired) electrons. The van der Waals surface area contributed by atoms with E-state index in [-0.39, 0.29) is 24.0 Å². The Morgan fingerprint density at radius 2 is 1.81 bits per heavy atom. The number of anilines is 1. The second-order valence-corrected chi connectivity index (χ2v) is 8.98. The molecule has 168 valence electrons. The Kier molecular flexibility index (Phi) is 9.80. The van der Waals surface area contributed by atoms with Crippen LogP contribution in [0.4, 0.5) is 5.69 Å². The van der Waals surface area contributed by atoms with Gasteiger partial charge in [-0.15, -0.1) is 35.7 Å². The molecule has 2 aromatic carbocycles. The van der Waals surface area contributed by atoms with Crippen LogP contribution in [-0.2, 0) is 11.3 Å². The minimum atomic E-state index is 0. The number of hydrogen-bond acceptors (Lipinski definition) is 4. The molecule has 7 heteroatoms. The monoisotopic (exact) mass is 552 g/mol. The van der Waals surface area contributed by atoms with E-state index in [1.54, 1.807) is 0 Å². The summed E-state index contributed by atoms with van der Waals surface area (Å²) in [6.07, 6.45) is 1.23. The summed E-state index contributed by atoms with van der Waals surface area (Å²) in [4.78, 5) is 10.7. The van der Waals surface area contributed by atoms with Crippen molar-refractivity contribution >= 4 is 47.4 Å². The third kappa shape index (κ3) is 7.02. The normalized spacial score (nSPS) is 19.3. The highest BCUT2D eigenvalue weighted by molar-refractivity contribution is 14.0. The van der Waals surface area contributed by atoms with Crippen LogP contribution in [0, 0.1) is 5.92 Å². The number of halogens is 1. The lowest BCUT2D eigenvalue weighted by molar-refractivity contribution is 0.122. The van der Waals surface area contributed by atoms with E-state index in [0.29, 0.717) is 5.92 Å². The lowest BCUT2D eigenvalue weighted by atomic mass is 10.2. The quantitative estimate of drug-likeness (QED) is 0.250. The molecule has 1 N–H and O–H groups in total. The average molecular weight is 553 g/mol. The van der Waals surface area contributed by atoms with E-state index in [1.807, 2.05) is 18.8 Å². The van der Waals surface area contributed by atoms with Gasteiger partial charge in [-0.25, -0.2) is 0 Å². The average Bonchev–Trinajstić information content (AvgIpc) is 3.29. The highest BCUT2D eigenvalue weighted by atomic mass is 127. The summed E-state index contributed by atoms with van der Waals surface area (Å²) in [5, 5.41) is 3.56. The van der Waals surface area contributed by atoms with Gasteiger partial charge in [-0.2, -0.15) is 0 Å². The van der Waals surface area contributed by atoms with Crippen molar-refractivity contribution in [2.24, 2.45) is 10.9 Å². The number of guanidine groups is 1. The highest BCUT2D eigenvalue weighted by Crippen LogP contribution is 2.26. The van der Waals surface area contributed by atoms with Gasteiger partial charge in [0.2, 0.25) is 0 Å². The number of rotatable bonds is 6. The minimum absolute atomic E-state index is 0. The fraction of sp³-hybridized carbons (Fsp3) is 0.458. The number of aliphatic imine (C=N–C) groups is 1. The second-order valence-electron chi connectivity index (χ2n) is 7.89. The Bertz CT molecular complexity index is 812. The van der Waals surface area contributed by atoms with Gasteiger partial charge in [0.15, 0.2) is 5.96 Å². The number of ether oxygens (including phenoxy) is 1. The maximum Gasteiger partial charge on any atom is 0.193 e. The van der Waals surface area contributed by atoms with Gasteiger partial charge in [-0.05, 0) is 42.2 Å². The lowest BCUT2D eigenvalue weighted by Crippen LogP contribution is -2.39. The van der Waals surface area contributed by atoms with Gasteiger partial charge < -0.3 is 19.9 Å². The van der Waals surface area contributed by atoms with E-state index in [2.05, 4.69) is 74.7 Å². The van der Waals surface area contributed by atoms with Crippen molar-refractivity contribution < 1.29 is 4.74 Å². The predicted molar refractivity (Wildman–Crippen MR) is 142 cm³/mol. The van der Waals surface area contributed by atoms with Gasteiger partial charge in [0.1, 0.15) is 0 Å². The Balaban J connectivity index is 0.00000272. The van der Waals surface area contributed by atoms with Crippen LogP contribution < -0.4 is 10.2 Å². The first-order chi connectivity index (χ1) is 14.8. The molecule has 1 unspecified atom stereocenters. The van der Waals surface area contributed by atoms with Crippen molar-refractivity contribution in [2.45, 2.75) is 17.9 Å². The zero-order chi connectivity index (χ0) is 20.6. The van der Waals surface area contributed by atoms with Crippen molar-refractivity contribution in [1.82, 2.24) is 10.2 Å². The fourth-order valence-corrected chi connectivity index (χ4v) is 5.10. The molecule has 0 aliphatic carbocycles. The molecule has 2 aromatic rings. The van der Waals surface area contributed by atoms with Crippen LogP contribution in [0.15, 0.2) is 64.5 Å². The highest BCUT2D eigenvalue weighted by Gasteiger charge is 2.24. The topological polar surface area (TPSA) is 40.1 Å². The predicted octanol–water partition coefficient (Wildman–Crippen LogP) is 4.33. The van der Waals surface area contributed by atoms with E-state index < -0.39 is 0 Å². The lowest BCUT2D eigenvalue weighted by Gasteiger charge is -2.29. The van der Waals surface area contributed by atoms with Gasteiger partial charge in [0, 0.05) is 56.1 Å². The molecular weight excluding hydrogens is 519 g/mol. The zero-order valence-corrected chi connectivity index (χ0v) is 21.4. The van der Waals surface area contributed by atoms with Crippen LogP contribution in [0.25, 0.3) is 0 Å². The maximum absolute atomic E-state index is 5.45. The van der Waals surface area contributed by atoms with Gasteiger partial charge in [-0.1, -0.05) is 30.3 Å². The summed E-state index contributed by atoms with van der Waals surface area (Å²) in [6.45, 7) is 6.55. The van der Waals surface area contributed by atoms with Crippen LogP contribution in [-0.4, -0.2) is 63.1 Å². The first kappa shape index (κ1) is 24.2. The largest absolute Gasteiger partial charge is 0.378 e. The molecule has 4 rings (SSSR count). The standard InChI is InChI=1S/C24H32N4OS.HI/c1-25-24(28-12-11-21(18-28)19-30-23-5-3-2-4-6-23)26-17-20-7-9-22(10-8-20)27-13-15-29-16-14-27;/h2-10,21H,11-19H2,1H3,(H,25,26);1H. The summed E-state index contributed by atoms with van der Waals surface area (Å²) < 4.78 is 5.45. The van der Waals surface area contributed by atoms with Crippen LogP contribution in [0.2, 0.25) is 0 Å². The molecule has 0 bridgehead atoms. The molecule has 2 heterocycles. The smallest absolute Gasteiger partial charge is 0.193 e. The molecule has 2 fully saturated rings. The summed E-state index contributed by atoms with van der Waals surface area (Å²) in [6, 6.07) is 19.6. The first-order valence-electron chi connectivity index (χ1n) is 10.9. The van der Waals surface area contributed by atoms with Crippen molar-refractivity contribution in [3.63, 3.8) is 0 Å². The van der Waals surface area contributed by atoms with Crippen LogP contribution in [0.5, 0.6) is 0 Å². The van der Waals surface area contributed by atoms with E-state index in [1.165, 1.54) is 28.3 Å². The summed E-state index contributed by atoms with van der Waals surface area (Å²) in [5.41, 5.74) is 2.56. The third-order valence-electron chi connectivity index (χ3n) is 5.79. The fourth-order valence-electron chi connectivity index (χ4n) is 4.05. The molecule has 2 aliphatic heterocycles. The number of thioether (sulfide) groups is 1. The number of likely N-dealkylation sites (tertiary alicyclic amines) is 1. The third-order valence-corrected chi connectivity index (χ3v) is 7.03. The Morgan fingerprint density at radius 1 is 1.06 bits per heavy atom. The summed E-state index contributed by atoms with van der Waals surface area (Å²) in [7, 11) is 1.88. The van der Waals surface area contributed by atoms with Crippen molar-refractivity contribution in [2.75, 3.05) is 57.1 Å². The van der Waals surface area contributed by atoms with Crippen molar-refractivity contribution in [3.05, 3.63) is 60.2 Å². The van der Waals surface area contributed by atoms with E-state index in [9.17, 15) is 0 Å². The number of nitrogens with zero attached hydrogens (tertiary/aromatic N) is 3.